The molecule has 0 aliphatic carbocycles. The second-order valence-corrected chi connectivity index (χ2v) is 6.31. The number of hydrogen-bond donors (Lipinski definition) is 0. The van der Waals surface area contributed by atoms with Crippen LogP contribution in [-0.4, -0.2) is 14.0 Å². The Morgan fingerprint density at radius 3 is 2.08 bits per heavy atom. The third kappa shape index (κ3) is 1.69. The van der Waals surface area contributed by atoms with E-state index < -0.39 is 0 Å². The summed E-state index contributed by atoms with van der Waals surface area (Å²) in [7, 11) is 0. The van der Waals surface area contributed by atoms with Crippen LogP contribution in [0.15, 0.2) is 66.9 Å². The highest BCUT2D eigenvalue weighted by Crippen LogP contribution is 2.30. The highest BCUT2D eigenvalue weighted by atomic mass is 15.1. The van der Waals surface area contributed by atoms with Gasteiger partial charge in [-0.25, -0.2) is 4.98 Å². The van der Waals surface area contributed by atoms with Gasteiger partial charge in [0.1, 0.15) is 5.65 Å². The number of rotatable bonds is 1. The van der Waals surface area contributed by atoms with Crippen LogP contribution >= 0.6 is 0 Å². The molecule has 24 heavy (non-hydrogen) atoms. The van der Waals surface area contributed by atoms with Crippen LogP contribution in [0.25, 0.3) is 33.1 Å². The van der Waals surface area contributed by atoms with Crippen LogP contribution in [0.1, 0.15) is 11.4 Å². The molecule has 3 heteroatoms. The molecule has 0 aliphatic heterocycles. The van der Waals surface area contributed by atoms with Gasteiger partial charge in [-0.15, -0.1) is 0 Å². The van der Waals surface area contributed by atoms with Gasteiger partial charge in [0.15, 0.2) is 5.82 Å². The van der Waals surface area contributed by atoms with Crippen molar-refractivity contribution in [1.82, 2.24) is 14.0 Å². The average molecular weight is 311 g/mol. The number of nitrogens with zero attached hydrogens (tertiary/aromatic N) is 3. The van der Waals surface area contributed by atoms with Crippen LogP contribution in [0.5, 0.6) is 0 Å². The maximum Gasteiger partial charge on any atom is 0.156 e. The Bertz CT molecular complexity index is 1130. The molecule has 0 bridgehead atoms. The SMILES string of the molecule is Cc1ccc(C)n1-c1cn2c3ccccc3c3ccccc3c2n1. The number of para-hydroxylation sites is 1. The quantitative estimate of drug-likeness (QED) is 0.397. The van der Waals surface area contributed by atoms with Crippen LogP contribution in [0.2, 0.25) is 0 Å². The van der Waals surface area contributed by atoms with Crippen LogP contribution in [-0.2, 0) is 0 Å². The first-order chi connectivity index (χ1) is 11.7. The number of hydrogen-bond acceptors (Lipinski definition) is 1. The predicted molar refractivity (Wildman–Crippen MR) is 99.0 cm³/mol. The average Bonchev–Trinajstić information content (AvgIpc) is 3.19. The maximum atomic E-state index is 4.98. The van der Waals surface area contributed by atoms with E-state index in [1.807, 2.05) is 0 Å². The van der Waals surface area contributed by atoms with Gasteiger partial charge in [-0.3, -0.25) is 4.40 Å². The molecule has 0 saturated carbocycles. The minimum Gasteiger partial charge on any atom is -0.302 e. The van der Waals surface area contributed by atoms with Gasteiger partial charge in [0.25, 0.3) is 0 Å². The lowest BCUT2D eigenvalue weighted by Crippen LogP contribution is -1.98. The summed E-state index contributed by atoms with van der Waals surface area (Å²) in [6.07, 6.45) is 2.14. The molecule has 3 nitrogen and oxygen atoms in total. The number of imidazole rings is 1. The van der Waals surface area contributed by atoms with E-state index in [2.05, 4.69) is 89.7 Å². The summed E-state index contributed by atoms with van der Waals surface area (Å²) in [4.78, 5) is 4.98. The number of fused-ring (bicyclic) bond motifs is 6. The molecule has 0 saturated heterocycles. The minimum atomic E-state index is 0.969. The molecule has 3 aromatic heterocycles. The van der Waals surface area contributed by atoms with Gasteiger partial charge >= 0.3 is 0 Å². The van der Waals surface area contributed by atoms with Crippen molar-refractivity contribution in [1.29, 1.82) is 0 Å². The third-order valence-corrected chi connectivity index (χ3v) is 4.82. The first kappa shape index (κ1) is 13.4. The Kier molecular flexibility index (Phi) is 2.63. The van der Waals surface area contributed by atoms with Gasteiger partial charge in [0, 0.05) is 22.2 Å². The van der Waals surface area contributed by atoms with E-state index in [1.165, 1.54) is 33.1 Å². The van der Waals surface area contributed by atoms with Crippen molar-refractivity contribution in [2.45, 2.75) is 13.8 Å². The molecule has 0 spiro atoms. The first-order valence-electron chi connectivity index (χ1n) is 8.18. The van der Waals surface area contributed by atoms with Crippen LogP contribution < -0.4 is 0 Å². The second-order valence-electron chi connectivity index (χ2n) is 6.31. The van der Waals surface area contributed by atoms with Gasteiger partial charge in [-0.05, 0) is 37.4 Å². The maximum absolute atomic E-state index is 4.98. The zero-order valence-electron chi connectivity index (χ0n) is 13.7. The standard InChI is InChI=1S/C21H17N3/c1-14-11-12-15(2)24(14)20-13-23-19-10-6-5-8-17(19)16-7-3-4-9-18(16)21(23)22-20/h3-13H,1-2H3. The largest absolute Gasteiger partial charge is 0.302 e. The number of pyridine rings is 1. The summed E-state index contributed by atoms with van der Waals surface area (Å²) in [5.74, 6) is 0.969. The lowest BCUT2D eigenvalue weighted by Gasteiger charge is -2.07. The Morgan fingerprint density at radius 1 is 0.708 bits per heavy atom. The molecule has 3 heterocycles. The summed E-state index contributed by atoms with van der Waals surface area (Å²) in [6.45, 7) is 4.24. The Balaban J connectivity index is 2.00. The molecule has 5 rings (SSSR count). The summed E-state index contributed by atoms with van der Waals surface area (Å²) >= 11 is 0. The molecule has 0 radical (unpaired) electrons. The van der Waals surface area contributed by atoms with Gasteiger partial charge in [-0.1, -0.05) is 42.5 Å². The van der Waals surface area contributed by atoms with E-state index in [9.17, 15) is 0 Å². The Morgan fingerprint density at radius 2 is 1.33 bits per heavy atom. The molecule has 0 amide bonds. The predicted octanol–water partition coefficient (Wildman–Crippen LogP) is 5.05. The second kappa shape index (κ2) is 4.71. The highest BCUT2D eigenvalue weighted by molar-refractivity contribution is 6.11. The number of aromatic nitrogens is 3. The van der Waals surface area contributed by atoms with Crippen molar-refractivity contribution in [3.8, 4) is 5.82 Å². The monoisotopic (exact) mass is 311 g/mol. The van der Waals surface area contributed by atoms with Crippen molar-refractivity contribution in [2.24, 2.45) is 0 Å². The van der Waals surface area contributed by atoms with Crippen LogP contribution in [0.4, 0.5) is 0 Å². The van der Waals surface area contributed by atoms with Crippen molar-refractivity contribution in [3.05, 3.63) is 78.2 Å². The van der Waals surface area contributed by atoms with E-state index in [1.54, 1.807) is 0 Å². The zero-order valence-corrected chi connectivity index (χ0v) is 13.7. The van der Waals surface area contributed by atoms with Gasteiger partial charge < -0.3 is 4.57 Å². The van der Waals surface area contributed by atoms with Gasteiger partial charge in [0.2, 0.25) is 0 Å². The third-order valence-electron chi connectivity index (χ3n) is 4.82. The smallest absolute Gasteiger partial charge is 0.156 e. The molecule has 5 aromatic rings. The molecule has 0 atom stereocenters. The van der Waals surface area contributed by atoms with Crippen molar-refractivity contribution >= 4 is 27.3 Å². The van der Waals surface area contributed by atoms with E-state index in [4.69, 9.17) is 4.98 Å². The molecule has 116 valence electrons. The van der Waals surface area contributed by atoms with Gasteiger partial charge in [0.05, 0.1) is 11.7 Å². The fourth-order valence-corrected chi connectivity index (χ4v) is 3.70. The van der Waals surface area contributed by atoms with Crippen LogP contribution in [0, 0.1) is 13.8 Å². The fraction of sp³-hybridized carbons (Fsp3) is 0.0952. The molecule has 2 aromatic carbocycles. The molecular formula is C21H17N3. The van der Waals surface area contributed by atoms with E-state index in [0.29, 0.717) is 0 Å². The molecule has 0 aliphatic rings. The van der Waals surface area contributed by atoms with E-state index >= 15 is 0 Å². The summed E-state index contributed by atoms with van der Waals surface area (Å²) in [5.41, 5.74) is 4.59. The lowest BCUT2D eigenvalue weighted by atomic mass is 10.1. The van der Waals surface area contributed by atoms with Crippen molar-refractivity contribution in [3.63, 3.8) is 0 Å². The summed E-state index contributed by atoms with van der Waals surface area (Å²) < 4.78 is 4.42. The first-order valence-corrected chi connectivity index (χ1v) is 8.18. The molecule has 0 unspecified atom stereocenters. The topological polar surface area (TPSA) is 22.2 Å². The molecule has 0 N–H and O–H groups in total. The lowest BCUT2D eigenvalue weighted by molar-refractivity contribution is 0.935. The minimum absolute atomic E-state index is 0.969. The normalized spacial score (nSPS) is 11.8. The summed E-state index contributed by atoms with van der Waals surface area (Å²) in [6, 6.07) is 21.3. The zero-order chi connectivity index (χ0) is 16.3. The Hall–Kier alpha value is -3.07. The van der Waals surface area contributed by atoms with Crippen molar-refractivity contribution < 1.29 is 0 Å². The molecular weight excluding hydrogens is 294 g/mol. The number of aryl methyl sites for hydroxylation is 2. The van der Waals surface area contributed by atoms with Crippen molar-refractivity contribution in [2.75, 3.05) is 0 Å². The van der Waals surface area contributed by atoms with E-state index in [-0.39, 0.29) is 0 Å². The summed E-state index contributed by atoms with van der Waals surface area (Å²) in [5, 5.41) is 3.69. The number of benzene rings is 2. The van der Waals surface area contributed by atoms with E-state index in [0.717, 1.165) is 11.5 Å². The Labute approximate surface area is 139 Å². The molecule has 0 fully saturated rings. The highest BCUT2D eigenvalue weighted by Gasteiger charge is 2.13. The van der Waals surface area contributed by atoms with Gasteiger partial charge in [-0.2, -0.15) is 0 Å². The van der Waals surface area contributed by atoms with Crippen LogP contribution in [0.3, 0.4) is 0 Å². The fourth-order valence-electron chi connectivity index (χ4n) is 3.70.